The molecule has 1 unspecified atom stereocenters. The number of aromatic nitrogens is 1. The highest BCUT2D eigenvalue weighted by atomic mass is 16.2. The number of carbonyl (C=O) groups excluding carboxylic acids is 2. The van der Waals surface area contributed by atoms with Gasteiger partial charge < -0.3 is 0 Å². The van der Waals surface area contributed by atoms with Crippen LogP contribution in [-0.2, 0) is 4.79 Å². The van der Waals surface area contributed by atoms with Gasteiger partial charge in [-0.3, -0.25) is 20.6 Å². The zero-order chi connectivity index (χ0) is 15.1. The molecule has 2 amide bonds. The number of hydrogen-bond acceptors (Lipinski definition) is 7. The van der Waals surface area contributed by atoms with Gasteiger partial charge in [0.05, 0.1) is 12.3 Å². The zero-order valence-electron chi connectivity index (χ0n) is 11.4. The first-order valence-electron chi connectivity index (χ1n) is 6.19. The first-order valence-corrected chi connectivity index (χ1v) is 6.19. The summed E-state index contributed by atoms with van der Waals surface area (Å²) in [5.41, 5.74) is 9.17. The number of urea groups is 1. The minimum Gasteiger partial charge on any atom is -0.299 e. The van der Waals surface area contributed by atoms with E-state index in [1.165, 1.54) is 11.2 Å². The highest BCUT2D eigenvalue weighted by Crippen LogP contribution is 1.96. The molecule has 1 atom stereocenters. The van der Waals surface area contributed by atoms with Gasteiger partial charge >= 0.3 is 6.03 Å². The molecule has 1 aromatic heterocycles. The lowest BCUT2D eigenvalue weighted by Gasteiger charge is -2.30. The molecule has 21 heavy (non-hydrogen) atoms. The van der Waals surface area contributed by atoms with Crippen molar-refractivity contribution in [3.8, 4) is 0 Å². The van der Waals surface area contributed by atoms with E-state index in [0.29, 0.717) is 12.8 Å². The third-order valence-corrected chi connectivity index (χ3v) is 2.59. The lowest BCUT2D eigenvalue weighted by molar-refractivity contribution is -0.115. The number of nitrogens with one attached hydrogen (secondary N) is 3. The van der Waals surface area contributed by atoms with Gasteiger partial charge in [0.2, 0.25) is 0 Å². The van der Waals surface area contributed by atoms with Crippen molar-refractivity contribution in [1.29, 1.82) is 0 Å². The lowest BCUT2D eigenvalue weighted by Crippen LogP contribution is -2.61. The monoisotopic (exact) mass is 289 g/mol. The van der Waals surface area contributed by atoms with E-state index in [0.717, 1.165) is 11.3 Å². The molecule has 0 saturated carbocycles. The van der Waals surface area contributed by atoms with Gasteiger partial charge in [-0.1, -0.05) is 0 Å². The van der Waals surface area contributed by atoms with E-state index < -0.39 is 12.2 Å². The van der Waals surface area contributed by atoms with Gasteiger partial charge in [-0.25, -0.2) is 9.79 Å². The number of hydrazone groups is 1. The van der Waals surface area contributed by atoms with Gasteiger partial charge in [0.1, 0.15) is 0 Å². The molecule has 0 fully saturated rings. The fourth-order valence-electron chi connectivity index (χ4n) is 1.57. The lowest BCUT2D eigenvalue weighted by atomic mass is 10.3. The molecule has 0 spiro atoms. The topological polar surface area (TPSA) is 111 Å². The standard InChI is InChI=1S/C12H15N7O2/c1-9-7-19(11(8-20)16-15-9)18-17-12(21)14-6-10-2-4-13-5-3-10/h2-6,8,11,16,18H,7H2,1H3,(H,17,21)/b14-6+. The second-order valence-electron chi connectivity index (χ2n) is 4.27. The SMILES string of the molecule is CC1=NNC(C=O)N(NNC(=O)/N=C/c2ccncc2)C1. The molecule has 1 aliphatic rings. The molecule has 2 rings (SSSR count). The molecule has 9 nitrogen and oxygen atoms in total. The number of hydrazine groups is 2. The van der Waals surface area contributed by atoms with Crippen LogP contribution < -0.4 is 16.4 Å². The molecule has 2 heterocycles. The van der Waals surface area contributed by atoms with Gasteiger partial charge in [-0.2, -0.15) is 15.6 Å². The molecular formula is C12H15N7O2. The van der Waals surface area contributed by atoms with Crippen LogP contribution in [0.4, 0.5) is 4.79 Å². The Morgan fingerprint density at radius 1 is 1.52 bits per heavy atom. The van der Waals surface area contributed by atoms with Crippen LogP contribution in [0.25, 0.3) is 0 Å². The first-order chi connectivity index (χ1) is 10.2. The summed E-state index contributed by atoms with van der Waals surface area (Å²) in [6.07, 6.45) is 4.64. The number of hydrogen-bond donors (Lipinski definition) is 3. The fourth-order valence-corrected chi connectivity index (χ4v) is 1.57. The van der Waals surface area contributed by atoms with E-state index in [1.54, 1.807) is 31.5 Å². The van der Waals surface area contributed by atoms with Crippen LogP contribution >= 0.6 is 0 Å². The van der Waals surface area contributed by atoms with Gasteiger partial charge in [-0.05, 0) is 24.6 Å². The van der Waals surface area contributed by atoms with E-state index in [-0.39, 0.29) is 0 Å². The van der Waals surface area contributed by atoms with Crippen LogP contribution in [0.3, 0.4) is 0 Å². The second-order valence-corrected chi connectivity index (χ2v) is 4.27. The minimum absolute atomic E-state index is 0.394. The number of aldehydes is 1. The van der Waals surface area contributed by atoms with Gasteiger partial charge in [0.25, 0.3) is 0 Å². The maximum atomic E-state index is 11.6. The van der Waals surface area contributed by atoms with Crippen LogP contribution in [-0.4, -0.2) is 46.9 Å². The van der Waals surface area contributed by atoms with Gasteiger partial charge in [-0.15, -0.1) is 0 Å². The Morgan fingerprint density at radius 2 is 2.29 bits per heavy atom. The van der Waals surface area contributed by atoms with E-state index >= 15 is 0 Å². The molecule has 9 heteroatoms. The van der Waals surface area contributed by atoms with Crippen molar-refractivity contribution < 1.29 is 9.59 Å². The average molecular weight is 289 g/mol. The molecule has 0 aliphatic carbocycles. The van der Waals surface area contributed by atoms with Crippen molar-refractivity contribution >= 4 is 24.2 Å². The average Bonchev–Trinajstić information content (AvgIpc) is 2.52. The van der Waals surface area contributed by atoms with Gasteiger partial charge in [0.15, 0.2) is 12.5 Å². The van der Waals surface area contributed by atoms with Crippen molar-refractivity contribution in [3.05, 3.63) is 30.1 Å². The normalized spacial score (nSPS) is 18.9. The van der Waals surface area contributed by atoms with Crippen LogP contribution in [0, 0.1) is 0 Å². The highest BCUT2D eigenvalue weighted by molar-refractivity contribution is 5.90. The third-order valence-electron chi connectivity index (χ3n) is 2.59. The van der Waals surface area contributed by atoms with Crippen LogP contribution in [0.1, 0.15) is 12.5 Å². The number of nitrogens with zero attached hydrogens (tertiary/aromatic N) is 4. The fraction of sp³-hybridized carbons (Fsp3) is 0.250. The Hall–Kier alpha value is -2.65. The summed E-state index contributed by atoms with van der Waals surface area (Å²) in [6.45, 7) is 2.19. The van der Waals surface area contributed by atoms with Crippen LogP contribution in [0.5, 0.6) is 0 Å². The number of carbonyl (C=O) groups is 2. The van der Waals surface area contributed by atoms with Crippen molar-refractivity contribution in [3.63, 3.8) is 0 Å². The Bertz CT molecular complexity index is 558. The van der Waals surface area contributed by atoms with Crippen molar-refractivity contribution in [1.82, 2.24) is 26.4 Å². The maximum Gasteiger partial charge on any atom is 0.356 e. The largest absolute Gasteiger partial charge is 0.356 e. The molecule has 0 saturated heterocycles. The number of pyridine rings is 1. The molecule has 0 bridgehead atoms. The summed E-state index contributed by atoms with van der Waals surface area (Å²) in [5.74, 6) is 0. The van der Waals surface area contributed by atoms with Crippen LogP contribution in [0.15, 0.2) is 34.6 Å². The van der Waals surface area contributed by atoms with Crippen molar-refractivity contribution in [2.45, 2.75) is 13.1 Å². The quantitative estimate of drug-likeness (QED) is 0.389. The second kappa shape index (κ2) is 7.22. The molecule has 110 valence electrons. The summed E-state index contributed by atoms with van der Waals surface area (Å²) in [4.78, 5) is 30.0. The minimum atomic E-state index is -0.654. The maximum absolute atomic E-state index is 11.6. The van der Waals surface area contributed by atoms with E-state index in [4.69, 9.17) is 0 Å². The van der Waals surface area contributed by atoms with Crippen molar-refractivity contribution in [2.24, 2.45) is 10.1 Å². The summed E-state index contributed by atoms with van der Waals surface area (Å²) in [6, 6.07) is 2.86. The van der Waals surface area contributed by atoms with E-state index in [1.807, 2.05) is 0 Å². The zero-order valence-corrected chi connectivity index (χ0v) is 11.4. The predicted octanol–water partition coefficient (Wildman–Crippen LogP) is -0.564. The Labute approximate surface area is 121 Å². The first kappa shape index (κ1) is 14.8. The number of rotatable bonds is 4. The van der Waals surface area contributed by atoms with Crippen LogP contribution in [0.2, 0.25) is 0 Å². The van der Waals surface area contributed by atoms with Gasteiger partial charge in [0, 0.05) is 18.6 Å². The molecular weight excluding hydrogens is 274 g/mol. The highest BCUT2D eigenvalue weighted by Gasteiger charge is 2.21. The third kappa shape index (κ3) is 4.44. The molecule has 0 radical (unpaired) electrons. The Kier molecular flexibility index (Phi) is 5.07. The smallest absolute Gasteiger partial charge is 0.299 e. The van der Waals surface area contributed by atoms with E-state index in [9.17, 15) is 9.59 Å². The molecule has 1 aliphatic heterocycles. The predicted molar refractivity (Wildman–Crippen MR) is 76.3 cm³/mol. The summed E-state index contributed by atoms with van der Waals surface area (Å²) >= 11 is 0. The Morgan fingerprint density at radius 3 is 3.00 bits per heavy atom. The summed E-state index contributed by atoms with van der Waals surface area (Å²) in [7, 11) is 0. The summed E-state index contributed by atoms with van der Waals surface area (Å²) in [5, 5.41) is 5.44. The molecule has 3 N–H and O–H groups in total. The number of aliphatic imine (C=N–C) groups is 1. The van der Waals surface area contributed by atoms with E-state index in [2.05, 4.69) is 31.5 Å². The van der Waals surface area contributed by atoms with Crippen molar-refractivity contribution in [2.75, 3.05) is 6.54 Å². The summed E-state index contributed by atoms with van der Waals surface area (Å²) < 4.78 is 0. The Balaban J connectivity index is 1.85. The molecule has 0 aromatic carbocycles. The molecule has 1 aromatic rings. The number of amides is 2.